The van der Waals surface area contributed by atoms with Gasteiger partial charge in [-0.2, -0.15) is 50.5 Å². The number of tetrazole rings is 1. The van der Waals surface area contributed by atoms with Gasteiger partial charge in [0.25, 0.3) is 0 Å². The highest BCUT2D eigenvalue weighted by molar-refractivity contribution is 8.15. The Bertz CT molecular complexity index is 1460. The molecule has 0 aliphatic heterocycles. The molecule has 3 aromatic rings. The van der Waals surface area contributed by atoms with Gasteiger partial charge < -0.3 is 15.3 Å². The van der Waals surface area contributed by atoms with Crippen LogP contribution in [0, 0.1) is 0 Å². The smallest absolute Gasteiger partial charge is 0.246 e. The van der Waals surface area contributed by atoms with Gasteiger partial charge in [-0.15, -0.1) is 75.7 Å². The van der Waals surface area contributed by atoms with Crippen molar-refractivity contribution in [2.45, 2.75) is 80.8 Å². The summed E-state index contributed by atoms with van der Waals surface area (Å²) in [5, 5.41) is 34.9. The Kier molecular flexibility index (Phi) is 11.0. The lowest BCUT2D eigenvalue weighted by Crippen LogP contribution is -2.61. The second-order valence-electron chi connectivity index (χ2n) is 10.9. The van der Waals surface area contributed by atoms with Crippen LogP contribution in [-0.4, -0.2) is 78.3 Å². The summed E-state index contributed by atoms with van der Waals surface area (Å²) in [5.74, 6) is 0.214. The SMILES string of the molecule is CCC[C@@H]([C@H](F)C(C)(CCC)NC)N(c1ncc(-c2ccc(-c3nnn(C(S)(S)S)n3)cc2O)nn1)C1(S)C(S)(S)C1(S)S. The number of benzene rings is 1. The average molecular weight is 754 g/mol. The van der Waals surface area contributed by atoms with E-state index in [1.165, 1.54) is 12.3 Å². The number of alkyl halides is 1. The minimum absolute atomic E-state index is 0.0999. The number of hydrogen-bond acceptors (Lipinski definition) is 17. The molecule has 1 unspecified atom stereocenters. The molecule has 2 aromatic heterocycles. The number of hydrogen-bond donors (Lipinski definition) is 10. The van der Waals surface area contributed by atoms with Crippen molar-refractivity contribution in [2.24, 2.45) is 0 Å². The van der Waals surface area contributed by atoms with E-state index < -0.39 is 34.3 Å². The van der Waals surface area contributed by atoms with E-state index in [1.54, 1.807) is 24.1 Å². The Morgan fingerprint density at radius 3 is 2.16 bits per heavy atom. The number of phenols is 1. The Balaban J connectivity index is 1.74. The summed E-state index contributed by atoms with van der Waals surface area (Å²) < 4.78 is 13.2. The van der Waals surface area contributed by atoms with Gasteiger partial charge in [0.1, 0.15) is 30.6 Å². The number of nitrogens with one attached hydrogen (secondary N) is 1. The van der Waals surface area contributed by atoms with Crippen LogP contribution in [0.3, 0.4) is 0 Å². The van der Waals surface area contributed by atoms with Gasteiger partial charge in [-0.3, -0.25) is 0 Å². The van der Waals surface area contributed by atoms with E-state index in [2.05, 4.69) is 73.8 Å². The standard InChI is InChI=1S/C25H36FN9OS8/c1-5-7-16(18(26)21(3,27-4)10-6-2)34(22(37)23(38,39)24(22,40)41)20-28-12-15(29-31-20)14-9-8-13(11-17(14)36)19-30-33-35(32-19)25(42,43)44/h8-9,11-12,16,18,27,36-44H,5-7,10H2,1-4H3/t16-,18-,21?/m0/s1. The molecule has 1 fully saturated rings. The molecule has 1 aliphatic rings. The number of phenolic OH excluding ortho intramolecular Hbond substituents is 1. The third-order valence-corrected chi connectivity index (χ3v) is 13.4. The number of halogens is 1. The number of aromatic hydroxyl groups is 1. The lowest BCUT2D eigenvalue weighted by molar-refractivity contribution is 0.122. The van der Waals surface area contributed by atoms with Gasteiger partial charge in [-0.25, -0.2) is 9.37 Å². The molecule has 19 heteroatoms. The molecule has 2 heterocycles. The largest absolute Gasteiger partial charge is 0.507 e. The number of aromatic nitrogens is 7. The zero-order valence-corrected chi connectivity index (χ0v) is 31.4. The molecule has 0 amide bonds. The number of anilines is 1. The molecule has 0 bridgehead atoms. The zero-order valence-electron chi connectivity index (χ0n) is 24.3. The molecule has 0 spiro atoms. The second-order valence-corrected chi connectivity index (χ2v) is 18.0. The van der Waals surface area contributed by atoms with Gasteiger partial charge in [0, 0.05) is 16.7 Å². The fourth-order valence-corrected chi connectivity index (χ4v) is 8.23. The van der Waals surface area contributed by atoms with Crippen molar-refractivity contribution < 1.29 is 9.50 Å². The summed E-state index contributed by atoms with van der Waals surface area (Å²) in [6.07, 6.45) is 2.55. The third kappa shape index (κ3) is 6.26. The van der Waals surface area contributed by atoms with Crippen molar-refractivity contribution in [3.05, 3.63) is 24.4 Å². The number of thiol groups is 8. The van der Waals surface area contributed by atoms with Crippen LogP contribution in [0.4, 0.5) is 10.3 Å². The minimum Gasteiger partial charge on any atom is -0.507 e. The molecule has 4 rings (SSSR count). The Morgan fingerprint density at radius 2 is 1.70 bits per heavy atom. The summed E-state index contributed by atoms with van der Waals surface area (Å²) in [5.41, 5.74) is 0.263. The van der Waals surface area contributed by atoms with E-state index in [1.807, 2.05) is 20.8 Å². The van der Waals surface area contributed by atoms with Crippen LogP contribution in [0.15, 0.2) is 24.4 Å². The summed E-state index contributed by atoms with van der Waals surface area (Å²) >= 11 is 36.4. The predicted octanol–water partition coefficient (Wildman–Crippen LogP) is 5.10. The average Bonchev–Trinajstić information content (AvgIpc) is 3.34. The molecule has 1 aliphatic carbocycles. The van der Waals surface area contributed by atoms with Crippen molar-refractivity contribution in [3.8, 4) is 28.4 Å². The molecule has 1 saturated carbocycles. The molecular weight excluding hydrogens is 718 g/mol. The van der Waals surface area contributed by atoms with Crippen molar-refractivity contribution in [2.75, 3.05) is 11.9 Å². The van der Waals surface area contributed by atoms with E-state index in [9.17, 15) is 5.11 Å². The van der Waals surface area contributed by atoms with Gasteiger partial charge in [0.15, 0.2) is 0 Å². The Morgan fingerprint density at radius 1 is 1.05 bits per heavy atom. The molecular formula is C25H36FN9OS8. The summed E-state index contributed by atoms with van der Waals surface area (Å²) in [4.78, 5) is 6.08. The van der Waals surface area contributed by atoms with Crippen LogP contribution in [0.5, 0.6) is 5.75 Å². The fourth-order valence-electron chi connectivity index (χ4n) is 5.23. The molecule has 44 heavy (non-hydrogen) atoms. The van der Waals surface area contributed by atoms with E-state index in [4.69, 9.17) is 63.1 Å². The molecule has 0 saturated heterocycles. The first kappa shape index (κ1) is 36.4. The minimum atomic E-state index is -1.38. The molecule has 242 valence electrons. The Hall–Kier alpha value is -0.410. The van der Waals surface area contributed by atoms with E-state index >= 15 is 4.39 Å². The zero-order chi connectivity index (χ0) is 32.9. The molecule has 0 radical (unpaired) electrons. The van der Waals surface area contributed by atoms with Crippen LogP contribution in [0.1, 0.15) is 46.5 Å². The fraction of sp³-hybridized carbons (Fsp3) is 0.600. The summed E-state index contributed by atoms with van der Waals surface area (Å²) in [6.45, 7) is 5.85. The van der Waals surface area contributed by atoms with Crippen LogP contribution >= 0.6 is 101 Å². The summed E-state index contributed by atoms with van der Waals surface area (Å²) in [6, 6.07) is 4.02. The van der Waals surface area contributed by atoms with Crippen LogP contribution in [-0.2, 0) is 3.54 Å². The van der Waals surface area contributed by atoms with E-state index in [0.29, 0.717) is 30.4 Å². The van der Waals surface area contributed by atoms with E-state index in [-0.39, 0.29) is 23.2 Å². The van der Waals surface area contributed by atoms with Crippen molar-refractivity contribution in [3.63, 3.8) is 0 Å². The van der Waals surface area contributed by atoms with Gasteiger partial charge in [0.05, 0.1) is 12.2 Å². The molecule has 1 aromatic carbocycles. The Labute approximate surface area is 300 Å². The van der Waals surface area contributed by atoms with Crippen molar-refractivity contribution in [1.29, 1.82) is 0 Å². The first-order valence-corrected chi connectivity index (χ1v) is 17.2. The normalized spacial score (nSPS) is 19.7. The van der Waals surface area contributed by atoms with Gasteiger partial charge in [-0.1, -0.05) is 32.8 Å². The van der Waals surface area contributed by atoms with Crippen molar-refractivity contribution >= 4 is 107 Å². The maximum atomic E-state index is 16.8. The monoisotopic (exact) mass is 753 g/mol. The maximum Gasteiger partial charge on any atom is 0.246 e. The summed E-state index contributed by atoms with van der Waals surface area (Å²) in [7, 11) is 1.75. The molecule has 2 N–H and O–H groups in total. The topological polar surface area (TPSA) is 118 Å². The van der Waals surface area contributed by atoms with Gasteiger partial charge >= 0.3 is 0 Å². The third-order valence-electron chi connectivity index (χ3n) is 7.93. The second kappa shape index (κ2) is 13.2. The van der Waals surface area contributed by atoms with Crippen LogP contribution in [0.25, 0.3) is 22.6 Å². The van der Waals surface area contributed by atoms with Gasteiger partial charge in [-0.05, 0) is 44.2 Å². The lowest BCUT2D eigenvalue weighted by atomic mass is 9.84. The first-order chi connectivity index (χ1) is 20.4. The highest BCUT2D eigenvalue weighted by Crippen LogP contribution is 2.75. The molecule has 3 atom stereocenters. The van der Waals surface area contributed by atoms with Crippen LogP contribution in [0.2, 0.25) is 0 Å². The first-order valence-electron chi connectivity index (χ1n) is 13.7. The van der Waals surface area contributed by atoms with Crippen molar-refractivity contribution in [1.82, 2.24) is 40.7 Å². The lowest BCUT2D eigenvalue weighted by Gasteiger charge is -2.45. The highest BCUT2D eigenvalue weighted by atomic mass is 32.2. The van der Waals surface area contributed by atoms with Crippen LogP contribution < -0.4 is 10.2 Å². The quantitative estimate of drug-likeness (QED) is 0.0861. The molecule has 10 nitrogen and oxygen atoms in total. The number of nitrogens with zero attached hydrogens (tertiary/aromatic N) is 8. The predicted molar refractivity (Wildman–Crippen MR) is 200 cm³/mol. The highest BCUT2D eigenvalue weighted by Gasteiger charge is 2.85. The maximum absolute atomic E-state index is 16.8. The van der Waals surface area contributed by atoms with E-state index in [0.717, 1.165) is 11.2 Å². The number of rotatable bonds is 13. The van der Waals surface area contributed by atoms with Gasteiger partial charge in [0.2, 0.25) is 15.3 Å².